The Bertz CT molecular complexity index is 266. The molecule has 0 radical (unpaired) electrons. The summed E-state index contributed by atoms with van der Waals surface area (Å²) >= 11 is 0. The van der Waals surface area contributed by atoms with Crippen LogP contribution in [0.25, 0.3) is 0 Å². The van der Waals surface area contributed by atoms with E-state index in [1.807, 2.05) is 12.2 Å². The molecule has 0 aromatic heterocycles. The van der Waals surface area contributed by atoms with Gasteiger partial charge in [-0.1, -0.05) is 18.8 Å². The first-order valence-corrected chi connectivity index (χ1v) is 4.43. The van der Waals surface area contributed by atoms with E-state index in [4.69, 9.17) is 9.47 Å². The van der Waals surface area contributed by atoms with Crippen LogP contribution in [0, 0.1) is 11.8 Å². The third-order valence-electron chi connectivity index (χ3n) is 1.59. The standard InChI is InChI=1S/C11H14O2/c1-3-4-5-6-7-10-8-9-11(12-2)13-10/h7-9,11H,3-4H2,1-2H3/b10-7+. The monoisotopic (exact) mass is 178 g/mol. The van der Waals surface area contributed by atoms with E-state index < -0.39 is 0 Å². The van der Waals surface area contributed by atoms with Gasteiger partial charge in [0.2, 0.25) is 6.29 Å². The zero-order valence-electron chi connectivity index (χ0n) is 8.04. The Kier molecular flexibility index (Phi) is 4.14. The van der Waals surface area contributed by atoms with Gasteiger partial charge in [0.05, 0.1) is 0 Å². The number of hydrogen-bond donors (Lipinski definition) is 0. The van der Waals surface area contributed by atoms with E-state index in [0.717, 1.165) is 18.6 Å². The number of unbranched alkanes of at least 4 members (excludes halogenated alkanes) is 1. The number of allylic oxidation sites excluding steroid dienone is 2. The van der Waals surface area contributed by atoms with Crippen LogP contribution in [0.2, 0.25) is 0 Å². The molecule has 1 unspecified atom stereocenters. The lowest BCUT2D eigenvalue weighted by Gasteiger charge is -2.05. The maximum absolute atomic E-state index is 5.32. The maximum Gasteiger partial charge on any atom is 0.219 e. The third-order valence-corrected chi connectivity index (χ3v) is 1.59. The van der Waals surface area contributed by atoms with Gasteiger partial charge in [-0.25, -0.2) is 0 Å². The molecule has 2 nitrogen and oxygen atoms in total. The van der Waals surface area contributed by atoms with Crippen LogP contribution in [0.1, 0.15) is 19.8 Å². The topological polar surface area (TPSA) is 18.5 Å². The molecule has 0 spiro atoms. The van der Waals surface area contributed by atoms with Gasteiger partial charge in [-0.05, 0) is 18.6 Å². The van der Waals surface area contributed by atoms with Gasteiger partial charge in [0, 0.05) is 19.6 Å². The molecule has 0 aliphatic carbocycles. The molecule has 0 fully saturated rings. The fourth-order valence-electron chi connectivity index (χ4n) is 0.914. The van der Waals surface area contributed by atoms with E-state index in [1.165, 1.54) is 0 Å². The van der Waals surface area contributed by atoms with Gasteiger partial charge in [-0.15, -0.1) is 0 Å². The minimum atomic E-state index is -0.237. The van der Waals surface area contributed by atoms with Crippen LogP contribution in [0.3, 0.4) is 0 Å². The van der Waals surface area contributed by atoms with Gasteiger partial charge >= 0.3 is 0 Å². The molecular formula is C11H14O2. The summed E-state index contributed by atoms with van der Waals surface area (Å²) in [5.41, 5.74) is 0. The average Bonchev–Trinajstić information content (AvgIpc) is 2.60. The summed E-state index contributed by atoms with van der Waals surface area (Å²) in [6.45, 7) is 2.11. The highest BCUT2D eigenvalue weighted by molar-refractivity contribution is 5.27. The zero-order valence-corrected chi connectivity index (χ0v) is 8.04. The Morgan fingerprint density at radius 3 is 3.15 bits per heavy atom. The quantitative estimate of drug-likeness (QED) is 0.604. The summed E-state index contributed by atoms with van der Waals surface area (Å²) in [7, 11) is 1.61. The Morgan fingerprint density at radius 2 is 2.54 bits per heavy atom. The molecule has 70 valence electrons. The van der Waals surface area contributed by atoms with Crippen molar-refractivity contribution in [3.63, 3.8) is 0 Å². The van der Waals surface area contributed by atoms with Crippen molar-refractivity contribution < 1.29 is 9.47 Å². The van der Waals surface area contributed by atoms with Gasteiger partial charge in [-0.3, -0.25) is 0 Å². The highest BCUT2D eigenvalue weighted by Gasteiger charge is 2.10. The number of ether oxygens (including phenoxy) is 2. The molecule has 13 heavy (non-hydrogen) atoms. The van der Waals surface area contributed by atoms with Crippen LogP contribution >= 0.6 is 0 Å². The molecule has 1 aliphatic rings. The maximum atomic E-state index is 5.32. The predicted molar refractivity (Wildman–Crippen MR) is 51.8 cm³/mol. The Morgan fingerprint density at radius 1 is 1.69 bits per heavy atom. The largest absolute Gasteiger partial charge is 0.461 e. The highest BCUT2D eigenvalue weighted by atomic mass is 16.7. The molecule has 0 aromatic carbocycles. The van der Waals surface area contributed by atoms with E-state index in [1.54, 1.807) is 13.2 Å². The van der Waals surface area contributed by atoms with Crippen molar-refractivity contribution in [3.05, 3.63) is 24.0 Å². The minimum absolute atomic E-state index is 0.237. The first kappa shape index (κ1) is 9.88. The lowest BCUT2D eigenvalue weighted by molar-refractivity contribution is -0.0446. The summed E-state index contributed by atoms with van der Waals surface area (Å²) in [5.74, 6) is 6.72. The molecule has 0 saturated heterocycles. The van der Waals surface area contributed by atoms with Crippen molar-refractivity contribution in [2.75, 3.05) is 7.11 Å². The highest BCUT2D eigenvalue weighted by Crippen LogP contribution is 2.14. The summed E-state index contributed by atoms with van der Waals surface area (Å²) in [6, 6.07) is 0. The SMILES string of the molecule is CCCC#C/C=C1\C=CC(OC)O1. The van der Waals surface area contributed by atoms with Crippen LogP contribution < -0.4 is 0 Å². The second-order valence-electron chi connectivity index (χ2n) is 2.70. The Labute approximate surface area is 79.2 Å². The third kappa shape index (κ3) is 3.35. The molecule has 0 amide bonds. The first-order chi connectivity index (χ1) is 6.36. The Balaban J connectivity index is 2.39. The van der Waals surface area contributed by atoms with Crippen LogP contribution in [0.5, 0.6) is 0 Å². The van der Waals surface area contributed by atoms with Crippen molar-refractivity contribution in [3.8, 4) is 11.8 Å². The number of hydrogen-bond acceptors (Lipinski definition) is 2. The molecular weight excluding hydrogens is 164 g/mol. The molecule has 0 bridgehead atoms. The lowest BCUT2D eigenvalue weighted by Crippen LogP contribution is -2.05. The molecule has 1 heterocycles. The predicted octanol–water partition coefficient (Wildman–Crippen LogP) is 2.23. The van der Waals surface area contributed by atoms with E-state index >= 15 is 0 Å². The van der Waals surface area contributed by atoms with E-state index in [9.17, 15) is 0 Å². The Hall–Kier alpha value is -1.20. The normalized spacial score (nSPS) is 22.6. The second-order valence-corrected chi connectivity index (χ2v) is 2.70. The van der Waals surface area contributed by atoms with Crippen LogP contribution in [-0.4, -0.2) is 13.4 Å². The van der Waals surface area contributed by atoms with Gasteiger partial charge < -0.3 is 9.47 Å². The summed E-state index contributed by atoms with van der Waals surface area (Å²) in [5, 5.41) is 0. The van der Waals surface area contributed by atoms with Crippen molar-refractivity contribution >= 4 is 0 Å². The zero-order chi connectivity index (χ0) is 9.52. The van der Waals surface area contributed by atoms with Crippen molar-refractivity contribution in [2.45, 2.75) is 26.1 Å². The second kappa shape index (κ2) is 5.45. The van der Waals surface area contributed by atoms with Crippen LogP contribution in [-0.2, 0) is 9.47 Å². The molecule has 0 saturated carbocycles. The van der Waals surface area contributed by atoms with Gasteiger partial charge in [0.25, 0.3) is 0 Å². The number of methoxy groups -OCH3 is 1. The lowest BCUT2D eigenvalue weighted by atomic mass is 10.3. The van der Waals surface area contributed by atoms with Crippen molar-refractivity contribution in [1.82, 2.24) is 0 Å². The smallest absolute Gasteiger partial charge is 0.219 e. The molecule has 1 rings (SSSR count). The van der Waals surface area contributed by atoms with Crippen molar-refractivity contribution in [2.24, 2.45) is 0 Å². The van der Waals surface area contributed by atoms with Gasteiger partial charge in [0.15, 0.2) is 0 Å². The van der Waals surface area contributed by atoms with Gasteiger partial charge in [0.1, 0.15) is 5.76 Å². The summed E-state index contributed by atoms with van der Waals surface area (Å²) in [6.07, 6.45) is 7.28. The molecule has 1 atom stereocenters. The molecule has 2 heteroatoms. The number of rotatable bonds is 2. The van der Waals surface area contributed by atoms with E-state index in [-0.39, 0.29) is 6.29 Å². The molecule has 0 aromatic rings. The average molecular weight is 178 g/mol. The molecule has 0 N–H and O–H groups in total. The summed E-state index contributed by atoms with van der Waals surface area (Å²) < 4.78 is 10.3. The first-order valence-electron chi connectivity index (χ1n) is 4.43. The molecule has 1 aliphatic heterocycles. The minimum Gasteiger partial charge on any atom is -0.461 e. The van der Waals surface area contributed by atoms with Crippen LogP contribution in [0.15, 0.2) is 24.0 Å². The van der Waals surface area contributed by atoms with E-state index in [0.29, 0.717) is 0 Å². The summed E-state index contributed by atoms with van der Waals surface area (Å²) in [4.78, 5) is 0. The fraction of sp³-hybridized carbons (Fsp3) is 0.455. The van der Waals surface area contributed by atoms with Crippen LogP contribution in [0.4, 0.5) is 0 Å². The van der Waals surface area contributed by atoms with E-state index in [2.05, 4.69) is 18.8 Å². The van der Waals surface area contributed by atoms with Crippen molar-refractivity contribution in [1.29, 1.82) is 0 Å². The van der Waals surface area contributed by atoms with Gasteiger partial charge in [-0.2, -0.15) is 0 Å². The fourth-order valence-corrected chi connectivity index (χ4v) is 0.914.